The molecule has 1 unspecified atom stereocenters. The van der Waals surface area contributed by atoms with Crippen LogP contribution < -0.4 is 14.2 Å². The fraction of sp³-hybridized carbons (Fsp3) is 0.250. The monoisotopic (exact) mass is 460 g/mol. The van der Waals surface area contributed by atoms with Crippen LogP contribution in [0.15, 0.2) is 78.9 Å². The van der Waals surface area contributed by atoms with Gasteiger partial charge in [-0.05, 0) is 48.4 Å². The average molecular weight is 461 g/mol. The second-order valence-corrected chi connectivity index (χ2v) is 7.65. The van der Waals surface area contributed by atoms with E-state index in [4.69, 9.17) is 23.7 Å². The number of hydrogen-bond donors (Lipinski definition) is 0. The third kappa shape index (κ3) is 5.58. The number of rotatable bonds is 8. The molecule has 0 bridgehead atoms. The molecule has 1 atom stereocenters. The first-order valence-electron chi connectivity index (χ1n) is 11.2. The SMILES string of the molecule is CCOC(=O)C(Cc1ccc(OCC=C2c3ccccc3OCOc3ccccc32)cc1)OC. The summed E-state index contributed by atoms with van der Waals surface area (Å²) in [6.07, 6.45) is 1.85. The van der Waals surface area contributed by atoms with Crippen molar-refractivity contribution in [1.29, 1.82) is 0 Å². The van der Waals surface area contributed by atoms with Gasteiger partial charge in [-0.1, -0.05) is 48.5 Å². The van der Waals surface area contributed by atoms with Gasteiger partial charge in [0.2, 0.25) is 6.79 Å². The fourth-order valence-electron chi connectivity index (χ4n) is 3.81. The van der Waals surface area contributed by atoms with Crippen molar-refractivity contribution in [3.8, 4) is 17.2 Å². The van der Waals surface area contributed by atoms with Crippen molar-refractivity contribution in [2.24, 2.45) is 0 Å². The van der Waals surface area contributed by atoms with Gasteiger partial charge in [0.1, 0.15) is 23.9 Å². The van der Waals surface area contributed by atoms with E-state index in [1.165, 1.54) is 7.11 Å². The van der Waals surface area contributed by atoms with Crippen molar-refractivity contribution >= 4 is 11.5 Å². The third-order valence-electron chi connectivity index (χ3n) is 5.50. The Morgan fingerprint density at radius 2 is 1.56 bits per heavy atom. The number of hydrogen-bond acceptors (Lipinski definition) is 6. The summed E-state index contributed by atoms with van der Waals surface area (Å²) in [7, 11) is 1.51. The van der Waals surface area contributed by atoms with Crippen LogP contribution in [0.1, 0.15) is 23.6 Å². The highest BCUT2D eigenvalue weighted by Crippen LogP contribution is 2.37. The van der Waals surface area contributed by atoms with E-state index in [1.54, 1.807) is 6.92 Å². The van der Waals surface area contributed by atoms with Crippen LogP contribution in [0.4, 0.5) is 0 Å². The second kappa shape index (κ2) is 11.4. The Labute approximate surface area is 199 Å². The van der Waals surface area contributed by atoms with E-state index in [1.807, 2.05) is 78.9 Å². The smallest absolute Gasteiger partial charge is 0.335 e. The number of fused-ring (bicyclic) bond motifs is 2. The molecule has 0 N–H and O–H groups in total. The topological polar surface area (TPSA) is 63.2 Å². The van der Waals surface area contributed by atoms with E-state index >= 15 is 0 Å². The number of para-hydroxylation sites is 2. The Balaban J connectivity index is 1.49. The Morgan fingerprint density at radius 1 is 0.941 bits per heavy atom. The zero-order valence-corrected chi connectivity index (χ0v) is 19.4. The highest BCUT2D eigenvalue weighted by atomic mass is 16.7. The van der Waals surface area contributed by atoms with Gasteiger partial charge < -0.3 is 23.7 Å². The molecule has 34 heavy (non-hydrogen) atoms. The van der Waals surface area contributed by atoms with Crippen molar-refractivity contribution in [2.75, 3.05) is 27.1 Å². The summed E-state index contributed by atoms with van der Waals surface area (Å²) >= 11 is 0. The predicted molar refractivity (Wildman–Crippen MR) is 129 cm³/mol. The van der Waals surface area contributed by atoms with Crippen LogP contribution in [0.25, 0.3) is 5.57 Å². The van der Waals surface area contributed by atoms with Gasteiger partial charge in [-0.3, -0.25) is 0 Å². The summed E-state index contributed by atoms with van der Waals surface area (Å²) in [5.74, 6) is 1.90. The second-order valence-electron chi connectivity index (χ2n) is 7.65. The molecular weight excluding hydrogens is 432 g/mol. The maximum absolute atomic E-state index is 12.0. The lowest BCUT2D eigenvalue weighted by Crippen LogP contribution is -2.27. The first kappa shape index (κ1) is 23.4. The largest absolute Gasteiger partial charge is 0.490 e. The number of carbonyl (C=O) groups excluding carboxylic acids is 1. The molecule has 0 saturated carbocycles. The first-order valence-corrected chi connectivity index (χ1v) is 11.2. The van der Waals surface area contributed by atoms with Crippen molar-refractivity contribution in [3.63, 3.8) is 0 Å². The van der Waals surface area contributed by atoms with E-state index in [0.717, 1.165) is 39.5 Å². The third-order valence-corrected chi connectivity index (χ3v) is 5.50. The van der Waals surface area contributed by atoms with E-state index in [0.29, 0.717) is 19.6 Å². The van der Waals surface area contributed by atoms with Gasteiger partial charge in [0, 0.05) is 24.7 Å². The van der Waals surface area contributed by atoms with Crippen molar-refractivity contribution in [2.45, 2.75) is 19.4 Å². The summed E-state index contributed by atoms with van der Waals surface area (Å²) < 4.78 is 28.0. The van der Waals surface area contributed by atoms with Gasteiger partial charge in [0.05, 0.1) is 6.61 Å². The maximum Gasteiger partial charge on any atom is 0.335 e. The Bertz CT molecular complexity index is 1090. The number of ether oxygens (including phenoxy) is 5. The molecule has 3 aromatic rings. The van der Waals surface area contributed by atoms with Crippen LogP contribution in [0.2, 0.25) is 0 Å². The molecule has 0 radical (unpaired) electrons. The summed E-state index contributed by atoms with van der Waals surface area (Å²) in [5.41, 5.74) is 3.92. The normalized spacial score (nSPS) is 13.2. The molecule has 0 fully saturated rings. The molecular formula is C28H28O6. The highest BCUT2D eigenvalue weighted by Gasteiger charge is 2.20. The molecule has 0 amide bonds. The molecule has 1 aliphatic heterocycles. The van der Waals surface area contributed by atoms with Gasteiger partial charge in [-0.15, -0.1) is 0 Å². The van der Waals surface area contributed by atoms with Gasteiger partial charge in [0.25, 0.3) is 0 Å². The molecule has 3 aromatic carbocycles. The van der Waals surface area contributed by atoms with Crippen LogP contribution in [-0.4, -0.2) is 39.2 Å². The molecule has 0 saturated heterocycles. The quantitative estimate of drug-likeness (QED) is 0.439. The highest BCUT2D eigenvalue weighted by molar-refractivity contribution is 5.85. The Morgan fingerprint density at radius 3 is 2.15 bits per heavy atom. The van der Waals surface area contributed by atoms with Gasteiger partial charge in [-0.2, -0.15) is 0 Å². The Hall–Kier alpha value is -3.77. The van der Waals surface area contributed by atoms with Crippen molar-refractivity contribution < 1.29 is 28.5 Å². The molecule has 0 spiro atoms. The van der Waals surface area contributed by atoms with Crippen LogP contribution in [0.5, 0.6) is 17.2 Å². The van der Waals surface area contributed by atoms with Gasteiger partial charge >= 0.3 is 5.97 Å². The standard InChI is InChI=1S/C28H28O6/c1-3-31-28(29)27(30-2)18-20-12-14-21(15-13-20)32-17-16-22-23-8-4-6-10-25(23)33-19-34-26-11-7-5-9-24(22)26/h4-16,27H,3,17-19H2,1-2H3. The van der Waals surface area contributed by atoms with Crippen molar-refractivity contribution in [3.05, 3.63) is 95.6 Å². The fourth-order valence-corrected chi connectivity index (χ4v) is 3.81. The lowest BCUT2D eigenvalue weighted by atomic mass is 9.95. The summed E-state index contributed by atoms with van der Waals surface area (Å²) in [6.45, 7) is 2.62. The molecule has 176 valence electrons. The van der Waals surface area contributed by atoms with E-state index in [2.05, 4.69) is 0 Å². The van der Waals surface area contributed by atoms with E-state index < -0.39 is 6.10 Å². The summed E-state index contributed by atoms with van der Waals surface area (Å²) in [5, 5.41) is 0. The number of benzene rings is 3. The van der Waals surface area contributed by atoms with Crippen LogP contribution in [0, 0.1) is 0 Å². The number of esters is 1. The minimum Gasteiger partial charge on any atom is -0.490 e. The zero-order valence-electron chi connectivity index (χ0n) is 19.4. The van der Waals surface area contributed by atoms with Crippen LogP contribution in [-0.2, 0) is 20.7 Å². The van der Waals surface area contributed by atoms with Gasteiger partial charge in [0.15, 0.2) is 6.10 Å². The van der Waals surface area contributed by atoms with Crippen LogP contribution >= 0.6 is 0 Å². The molecule has 6 nitrogen and oxygen atoms in total. The molecule has 0 aliphatic carbocycles. The van der Waals surface area contributed by atoms with E-state index in [-0.39, 0.29) is 12.8 Å². The maximum atomic E-state index is 12.0. The molecule has 6 heteroatoms. The first-order chi connectivity index (χ1) is 16.7. The lowest BCUT2D eigenvalue weighted by molar-refractivity contribution is -0.154. The molecule has 1 heterocycles. The minimum absolute atomic E-state index is 0.157. The van der Waals surface area contributed by atoms with Crippen LogP contribution in [0.3, 0.4) is 0 Å². The summed E-state index contributed by atoms with van der Waals surface area (Å²) in [4.78, 5) is 12.0. The Kier molecular flexibility index (Phi) is 7.83. The van der Waals surface area contributed by atoms with Gasteiger partial charge in [-0.25, -0.2) is 4.79 Å². The molecule has 0 aromatic heterocycles. The van der Waals surface area contributed by atoms with Crippen molar-refractivity contribution in [1.82, 2.24) is 0 Å². The number of carbonyl (C=O) groups is 1. The minimum atomic E-state index is -0.625. The number of methoxy groups -OCH3 is 1. The zero-order chi connectivity index (χ0) is 23.8. The summed E-state index contributed by atoms with van der Waals surface area (Å²) in [6, 6.07) is 23.4. The lowest BCUT2D eigenvalue weighted by Gasteiger charge is -2.21. The molecule has 4 rings (SSSR count). The molecule has 1 aliphatic rings. The average Bonchev–Trinajstić information content (AvgIpc) is 2.86. The predicted octanol–water partition coefficient (Wildman–Crippen LogP) is 5.05. The van der Waals surface area contributed by atoms with E-state index in [9.17, 15) is 4.79 Å².